The van der Waals surface area contributed by atoms with Crippen molar-refractivity contribution in [3.05, 3.63) is 0 Å². The van der Waals surface area contributed by atoms with E-state index in [1.807, 2.05) is 6.26 Å². The Bertz CT molecular complexity index is 82.2. The highest BCUT2D eigenvalue weighted by Crippen LogP contribution is 1.99. The lowest BCUT2D eigenvalue weighted by Crippen LogP contribution is -2.23. The zero-order chi connectivity index (χ0) is 8.53. The van der Waals surface area contributed by atoms with Gasteiger partial charge in [0.05, 0.1) is 0 Å². The Morgan fingerprint density at radius 2 is 2.18 bits per heavy atom. The van der Waals surface area contributed by atoms with Gasteiger partial charge in [0.1, 0.15) is 0 Å². The van der Waals surface area contributed by atoms with Gasteiger partial charge in [0.15, 0.2) is 0 Å². The molecule has 0 aliphatic heterocycles. The summed E-state index contributed by atoms with van der Waals surface area (Å²) in [5.74, 6) is 2.07. The van der Waals surface area contributed by atoms with Gasteiger partial charge >= 0.3 is 0 Å². The van der Waals surface area contributed by atoms with Crippen LogP contribution in [0.2, 0.25) is 0 Å². The molecule has 0 aliphatic rings. The van der Waals surface area contributed by atoms with E-state index in [1.165, 1.54) is 0 Å². The van der Waals surface area contributed by atoms with Crippen LogP contribution in [0.15, 0.2) is 0 Å². The molecule has 0 heterocycles. The van der Waals surface area contributed by atoms with Crippen LogP contribution >= 0.6 is 36.5 Å². The van der Waals surface area contributed by atoms with E-state index in [1.54, 1.807) is 23.9 Å². The van der Waals surface area contributed by atoms with E-state index in [2.05, 4.69) is 28.7 Å². The zero-order valence-electron chi connectivity index (χ0n) is 7.04. The van der Waals surface area contributed by atoms with Crippen molar-refractivity contribution >= 4 is 36.5 Å². The molecule has 0 spiro atoms. The topological polar surface area (TPSA) is 15.3 Å². The predicted octanol–water partition coefficient (Wildman–Crippen LogP) is 1.36. The van der Waals surface area contributed by atoms with Crippen LogP contribution < -0.4 is 4.13 Å². The molecule has 11 heavy (non-hydrogen) atoms. The van der Waals surface area contributed by atoms with Crippen LogP contribution in [0.1, 0.15) is 0 Å². The molecule has 0 aromatic rings. The second-order valence-corrected chi connectivity index (χ2v) is 4.38. The first-order chi connectivity index (χ1) is 5.31. The molecule has 0 fully saturated rings. The average molecular weight is 212 g/mol. The van der Waals surface area contributed by atoms with E-state index in [4.69, 9.17) is 0 Å². The summed E-state index contributed by atoms with van der Waals surface area (Å²) in [5.41, 5.74) is 0. The highest BCUT2D eigenvalue weighted by atomic mass is 32.2. The number of nitrogens with zero attached hydrogens (tertiary/aromatic N) is 1. The molecule has 0 saturated carbocycles. The highest BCUT2D eigenvalue weighted by molar-refractivity contribution is 8.12. The molecule has 68 valence electrons. The van der Waals surface area contributed by atoms with Crippen molar-refractivity contribution in [1.82, 2.24) is 9.03 Å². The Kier molecular flexibility index (Phi) is 9.86. The van der Waals surface area contributed by atoms with Crippen LogP contribution in [0, 0.1) is 0 Å². The fraction of sp³-hybridized carbons (Fsp3) is 1.00. The van der Waals surface area contributed by atoms with Gasteiger partial charge in [0.2, 0.25) is 0 Å². The molecule has 0 amide bonds. The minimum Gasteiger partial charge on any atom is -0.305 e. The van der Waals surface area contributed by atoms with E-state index in [0.29, 0.717) is 0 Å². The Balaban J connectivity index is 2.97. The minimum absolute atomic E-state index is 0.942. The Hall–Kier alpha value is 0.970. The number of rotatable bonds is 7. The molecular formula is C6H16N2S3. The number of hydrogen-bond acceptors (Lipinski definition) is 5. The van der Waals surface area contributed by atoms with Crippen LogP contribution in [-0.2, 0) is 0 Å². The summed E-state index contributed by atoms with van der Waals surface area (Å²) >= 11 is 7.55. The average Bonchev–Trinajstić information content (AvgIpc) is 1.99. The van der Waals surface area contributed by atoms with Crippen LogP contribution in [0.4, 0.5) is 0 Å². The van der Waals surface area contributed by atoms with Gasteiger partial charge in [-0.3, -0.25) is 0 Å². The monoisotopic (exact) mass is 212 g/mol. The van der Waals surface area contributed by atoms with E-state index in [9.17, 15) is 0 Å². The first kappa shape index (κ1) is 12.0. The molecule has 1 N–H and O–H groups in total. The van der Waals surface area contributed by atoms with Crippen LogP contribution in [0.5, 0.6) is 0 Å². The number of nitrogens with one attached hydrogen (secondary N) is 1. The molecule has 0 rings (SSSR count). The van der Waals surface area contributed by atoms with Crippen LogP contribution in [0.3, 0.4) is 0 Å². The standard InChI is InChI=1S/C6H16N2S3/c1-8(3-5-9)4-6-11-7-10-2/h7,9H,3-6H2,1-2H3. The third-order valence-electron chi connectivity index (χ3n) is 1.20. The molecule has 0 aromatic heterocycles. The molecule has 0 radical (unpaired) electrons. The van der Waals surface area contributed by atoms with Gasteiger partial charge in [-0.1, -0.05) is 23.9 Å². The predicted molar refractivity (Wildman–Crippen MR) is 60.5 cm³/mol. The van der Waals surface area contributed by atoms with Crippen molar-refractivity contribution in [2.45, 2.75) is 0 Å². The summed E-state index contributed by atoms with van der Waals surface area (Å²) < 4.78 is 3.13. The first-order valence-electron chi connectivity index (χ1n) is 3.50. The first-order valence-corrected chi connectivity index (χ1v) is 6.34. The normalized spacial score (nSPS) is 10.9. The second-order valence-electron chi connectivity index (χ2n) is 2.16. The quantitative estimate of drug-likeness (QED) is 0.376. The summed E-state index contributed by atoms with van der Waals surface area (Å²) in [6.07, 6.45) is 2.03. The lowest BCUT2D eigenvalue weighted by Gasteiger charge is -2.13. The van der Waals surface area contributed by atoms with Crippen molar-refractivity contribution in [2.24, 2.45) is 0 Å². The second kappa shape index (κ2) is 9.06. The van der Waals surface area contributed by atoms with Gasteiger partial charge in [-0.25, -0.2) is 4.13 Å². The molecule has 0 aromatic carbocycles. The molecule has 0 bridgehead atoms. The van der Waals surface area contributed by atoms with Gasteiger partial charge in [-0.2, -0.15) is 12.6 Å². The maximum atomic E-state index is 4.16. The summed E-state index contributed by atoms with van der Waals surface area (Å²) in [5, 5.41) is 0. The zero-order valence-corrected chi connectivity index (χ0v) is 9.57. The fourth-order valence-electron chi connectivity index (χ4n) is 0.585. The van der Waals surface area contributed by atoms with Gasteiger partial charge in [0.25, 0.3) is 0 Å². The van der Waals surface area contributed by atoms with Crippen LogP contribution in [-0.4, -0.2) is 42.8 Å². The minimum atomic E-state index is 0.942. The van der Waals surface area contributed by atoms with Crippen molar-refractivity contribution < 1.29 is 0 Å². The van der Waals surface area contributed by atoms with E-state index < -0.39 is 0 Å². The molecule has 5 heteroatoms. The summed E-state index contributed by atoms with van der Waals surface area (Å²) in [4.78, 5) is 2.28. The van der Waals surface area contributed by atoms with Crippen molar-refractivity contribution in [2.75, 3.05) is 37.9 Å². The molecule has 0 saturated heterocycles. The highest BCUT2D eigenvalue weighted by Gasteiger charge is 1.94. The largest absolute Gasteiger partial charge is 0.305 e. The summed E-state index contributed by atoms with van der Waals surface area (Å²) in [6.45, 7) is 2.20. The molecule has 0 aliphatic carbocycles. The fourth-order valence-corrected chi connectivity index (χ4v) is 2.13. The van der Waals surface area contributed by atoms with E-state index in [0.717, 1.165) is 24.6 Å². The lowest BCUT2D eigenvalue weighted by atomic mass is 10.6. The number of thiol groups is 1. The SMILES string of the molecule is CSNSCCN(C)CCS. The van der Waals surface area contributed by atoms with Gasteiger partial charge < -0.3 is 4.90 Å². The van der Waals surface area contributed by atoms with Gasteiger partial charge in [0, 0.05) is 24.6 Å². The lowest BCUT2D eigenvalue weighted by molar-refractivity contribution is 0.380. The molecule has 0 unspecified atom stereocenters. The molecule has 2 nitrogen and oxygen atoms in total. The number of hydrogen-bond donors (Lipinski definition) is 2. The Morgan fingerprint density at radius 1 is 1.45 bits per heavy atom. The van der Waals surface area contributed by atoms with E-state index in [-0.39, 0.29) is 0 Å². The maximum Gasteiger partial charge on any atom is 0.0215 e. The maximum absolute atomic E-state index is 4.16. The Labute approximate surface area is 83.5 Å². The van der Waals surface area contributed by atoms with Crippen molar-refractivity contribution in [1.29, 1.82) is 0 Å². The third-order valence-corrected chi connectivity index (χ3v) is 2.92. The van der Waals surface area contributed by atoms with E-state index >= 15 is 0 Å². The third kappa shape index (κ3) is 8.88. The van der Waals surface area contributed by atoms with Crippen molar-refractivity contribution in [3.63, 3.8) is 0 Å². The Morgan fingerprint density at radius 3 is 2.73 bits per heavy atom. The molecule has 0 atom stereocenters. The molecular weight excluding hydrogens is 196 g/mol. The van der Waals surface area contributed by atoms with Gasteiger partial charge in [-0.05, 0) is 13.3 Å². The summed E-state index contributed by atoms with van der Waals surface area (Å²) in [7, 11) is 2.12. The summed E-state index contributed by atoms with van der Waals surface area (Å²) in [6, 6.07) is 0. The van der Waals surface area contributed by atoms with Gasteiger partial charge in [-0.15, -0.1) is 0 Å². The van der Waals surface area contributed by atoms with Crippen molar-refractivity contribution in [3.8, 4) is 0 Å². The smallest absolute Gasteiger partial charge is 0.0215 e. The van der Waals surface area contributed by atoms with Crippen LogP contribution in [0.25, 0.3) is 0 Å².